The van der Waals surface area contributed by atoms with E-state index >= 15 is 0 Å². The van der Waals surface area contributed by atoms with E-state index in [-0.39, 0.29) is 0 Å². The van der Waals surface area contributed by atoms with Crippen LogP contribution < -0.4 is 10.1 Å². The molecule has 0 saturated carbocycles. The molecule has 0 bridgehead atoms. The number of hydrogen-bond acceptors (Lipinski definition) is 6. The molecule has 0 aliphatic carbocycles. The van der Waals surface area contributed by atoms with Gasteiger partial charge in [-0.2, -0.15) is 0 Å². The van der Waals surface area contributed by atoms with Gasteiger partial charge in [-0.1, -0.05) is 11.2 Å². The van der Waals surface area contributed by atoms with Gasteiger partial charge in [0.15, 0.2) is 0 Å². The molecule has 1 N–H and O–H groups in total. The van der Waals surface area contributed by atoms with Crippen molar-refractivity contribution < 1.29 is 4.74 Å². The monoisotopic (exact) mass is 220 g/mol. The molecule has 84 valence electrons. The van der Waals surface area contributed by atoms with Crippen LogP contribution in [0.4, 0.5) is 5.95 Å². The van der Waals surface area contributed by atoms with Crippen LogP contribution in [0.2, 0.25) is 0 Å². The summed E-state index contributed by atoms with van der Waals surface area (Å²) >= 11 is 0. The molecular weight excluding hydrogens is 208 g/mol. The lowest BCUT2D eigenvalue weighted by Gasteiger charge is -2.07. The molecule has 0 aromatic carbocycles. The molecule has 0 saturated heterocycles. The first-order valence-electron chi connectivity index (χ1n) is 4.75. The lowest BCUT2D eigenvalue weighted by Crippen LogP contribution is -2.07. The average molecular weight is 220 g/mol. The number of aryl methyl sites for hydroxylation is 1. The molecule has 0 unspecified atom stereocenters. The highest BCUT2D eigenvalue weighted by atomic mass is 16.5. The molecule has 0 amide bonds. The lowest BCUT2D eigenvalue weighted by molar-refractivity contribution is 0.393. The Morgan fingerprint density at radius 3 is 3.06 bits per heavy atom. The second-order valence-electron chi connectivity index (χ2n) is 3.15. The lowest BCUT2D eigenvalue weighted by atomic mass is 10.3. The highest BCUT2D eigenvalue weighted by molar-refractivity contribution is 5.31. The van der Waals surface area contributed by atoms with Crippen molar-refractivity contribution in [2.45, 2.75) is 6.54 Å². The number of aromatic nitrogens is 5. The average Bonchev–Trinajstić information content (AvgIpc) is 2.72. The van der Waals surface area contributed by atoms with Crippen LogP contribution in [0.15, 0.2) is 18.3 Å². The molecule has 0 fully saturated rings. The first kappa shape index (κ1) is 10.3. The van der Waals surface area contributed by atoms with Gasteiger partial charge in [0.25, 0.3) is 0 Å². The normalized spacial score (nSPS) is 10.1. The van der Waals surface area contributed by atoms with E-state index in [2.05, 4.69) is 25.8 Å². The van der Waals surface area contributed by atoms with Crippen LogP contribution in [0.5, 0.6) is 5.88 Å². The van der Waals surface area contributed by atoms with Crippen molar-refractivity contribution in [3.8, 4) is 5.88 Å². The fourth-order valence-corrected chi connectivity index (χ4v) is 1.30. The summed E-state index contributed by atoms with van der Waals surface area (Å²) in [6, 6.07) is 3.79. The number of rotatable bonds is 4. The highest BCUT2D eigenvalue weighted by Gasteiger charge is 2.05. The minimum Gasteiger partial charge on any atom is -0.481 e. The van der Waals surface area contributed by atoms with E-state index in [0.29, 0.717) is 18.4 Å². The topological polar surface area (TPSA) is 77.8 Å². The minimum atomic E-state index is 0.561. The van der Waals surface area contributed by atoms with Gasteiger partial charge in [-0.25, -0.2) is 9.67 Å². The van der Waals surface area contributed by atoms with Gasteiger partial charge in [0.1, 0.15) is 0 Å². The van der Waals surface area contributed by atoms with Crippen molar-refractivity contribution in [3.05, 3.63) is 23.9 Å². The number of hydrogen-bond donors (Lipinski definition) is 1. The van der Waals surface area contributed by atoms with Gasteiger partial charge in [-0.3, -0.25) is 0 Å². The van der Waals surface area contributed by atoms with Gasteiger partial charge in [0.2, 0.25) is 11.8 Å². The Kier molecular flexibility index (Phi) is 2.95. The molecule has 2 rings (SSSR count). The molecule has 0 atom stereocenters. The van der Waals surface area contributed by atoms with Crippen molar-refractivity contribution in [2.75, 3.05) is 12.4 Å². The van der Waals surface area contributed by atoms with Gasteiger partial charge in [0, 0.05) is 25.4 Å². The maximum absolute atomic E-state index is 5.14. The predicted molar refractivity (Wildman–Crippen MR) is 56.9 cm³/mol. The second-order valence-corrected chi connectivity index (χ2v) is 3.15. The molecule has 7 nitrogen and oxygen atoms in total. The Morgan fingerprint density at radius 1 is 1.50 bits per heavy atom. The molecule has 16 heavy (non-hydrogen) atoms. The fraction of sp³-hybridized carbons (Fsp3) is 0.333. The quantitative estimate of drug-likeness (QED) is 0.794. The molecule has 0 spiro atoms. The van der Waals surface area contributed by atoms with E-state index in [1.54, 1.807) is 25.0 Å². The SMILES string of the molecule is COc1ncccc1CNc1nnnn1C. The van der Waals surface area contributed by atoms with Crippen LogP contribution in [0.25, 0.3) is 0 Å². The summed E-state index contributed by atoms with van der Waals surface area (Å²) < 4.78 is 6.69. The van der Waals surface area contributed by atoms with E-state index in [1.165, 1.54) is 0 Å². The largest absolute Gasteiger partial charge is 0.481 e. The number of tetrazole rings is 1. The molecule has 0 radical (unpaired) electrons. The standard InChI is InChI=1S/C9H12N6O/c1-15-9(12-13-14-15)11-6-7-4-3-5-10-8(7)16-2/h3-5H,6H2,1-2H3,(H,11,12,14). The van der Waals surface area contributed by atoms with Crippen molar-refractivity contribution in [3.63, 3.8) is 0 Å². The Labute approximate surface area is 92.4 Å². The van der Waals surface area contributed by atoms with E-state index in [9.17, 15) is 0 Å². The molecule has 2 aromatic rings. The summed E-state index contributed by atoms with van der Waals surface area (Å²) in [6.45, 7) is 0.561. The smallest absolute Gasteiger partial charge is 0.242 e. The zero-order chi connectivity index (χ0) is 11.4. The number of ether oxygens (including phenoxy) is 1. The Balaban J connectivity index is 2.07. The van der Waals surface area contributed by atoms with Gasteiger partial charge >= 0.3 is 0 Å². The van der Waals surface area contributed by atoms with Crippen LogP contribution in [0.1, 0.15) is 5.56 Å². The third-order valence-electron chi connectivity index (χ3n) is 2.10. The summed E-state index contributed by atoms with van der Waals surface area (Å²) in [6.07, 6.45) is 1.69. The van der Waals surface area contributed by atoms with Crippen LogP contribution in [-0.4, -0.2) is 32.3 Å². The van der Waals surface area contributed by atoms with Crippen molar-refractivity contribution in [2.24, 2.45) is 7.05 Å². The predicted octanol–water partition coefficient (Wildman–Crippen LogP) is 0.226. The highest BCUT2D eigenvalue weighted by Crippen LogP contribution is 2.14. The minimum absolute atomic E-state index is 0.561. The number of pyridine rings is 1. The second kappa shape index (κ2) is 4.56. The van der Waals surface area contributed by atoms with Gasteiger partial charge in [0.05, 0.1) is 7.11 Å². The molecule has 0 aliphatic heterocycles. The van der Waals surface area contributed by atoms with Gasteiger partial charge in [-0.15, -0.1) is 0 Å². The maximum Gasteiger partial charge on any atom is 0.242 e. The van der Waals surface area contributed by atoms with E-state index < -0.39 is 0 Å². The van der Waals surface area contributed by atoms with Crippen molar-refractivity contribution >= 4 is 5.95 Å². The zero-order valence-electron chi connectivity index (χ0n) is 9.08. The third-order valence-corrected chi connectivity index (χ3v) is 2.10. The molecule has 0 aliphatic rings. The van der Waals surface area contributed by atoms with E-state index in [4.69, 9.17) is 4.74 Å². The number of anilines is 1. The van der Waals surface area contributed by atoms with Crippen molar-refractivity contribution in [1.82, 2.24) is 25.2 Å². The van der Waals surface area contributed by atoms with E-state index in [0.717, 1.165) is 5.56 Å². The molecular formula is C9H12N6O. The number of nitrogens with zero attached hydrogens (tertiary/aromatic N) is 5. The van der Waals surface area contributed by atoms with E-state index in [1.807, 2.05) is 12.1 Å². The summed E-state index contributed by atoms with van der Waals surface area (Å²) in [7, 11) is 3.36. The maximum atomic E-state index is 5.14. The third kappa shape index (κ3) is 2.08. The Hall–Kier alpha value is -2.18. The number of methoxy groups -OCH3 is 1. The summed E-state index contributed by atoms with van der Waals surface area (Å²) in [4.78, 5) is 4.10. The summed E-state index contributed by atoms with van der Waals surface area (Å²) in [5.74, 6) is 1.20. The van der Waals surface area contributed by atoms with Gasteiger partial charge < -0.3 is 10.1 Å². The fourth-order valence-electron chi connectivity index (χ4n) is 1.30. The molecule has 2 aromatic heterocycles. The Morgan fingerprint density at radius 2 is 2.38 bits per heavy atom. The first-order valence-corrected chi connectivity index (χ1v) is 4.75. The molecule has 7 heteroatoms. The Bertz CT molecular complexity index is 469. The van der Waals surface area contributed by atoms with Crippen molar-refractivity contribution in [1.29, 1.82) is 0 Å². The summed E-state index contributed by atoms with van der Waals surface area (Å²) in [5.41, 5.74) is 0.952. The van der Waals surface area contributed by atoms with Crippen LogP contribution >= 0.6 is 0 Å². The van der Waals surface area contributed by atoms with Gasteiger partial charge in [-0.05, 0) is 16.5 Å². The van der Waals surface area contributed by atoms with Crippen LogP contribution in [-0.2, 0) is 13.6 Å². The van der Waals surface area contributed by atoms with Crippen LogP contribution in [0, 0.1) is 0 Å². The summed E-state index contributed by atoms with van der Waals surface area (Å²) in [5, 5.41) is 14.2. The molecule has 2 heterocycles. The van der Waals surface area contributed by atoms with Crippen LogP contribution in [0.3, 0.4) is 0 Å². The number of nitrogens with one attached hydrogen (secondary N) is 1. The zero-order valence-corrected chi connectivity index (χ0v) is 9.08. The first-order chi connectivity index (χ1) is 7.81.